The molecule has 0 spiro atoms. The van der Waals surface area contributed by atoms with Crippen LogP contribution in [0, 0.1) is 54.3 Å². The van der Waals surface area contributed by atoms with Gasteiger partial charge in [0.2, 0.25) is 0 Å². The largest absolute Gasteiger partial charge is 0.115 e. The van der Waals surface area contributed by atoms with Gasteiger partial charge in [-0.25, -0.2) is 0 Å². The van der Waals surface area contributed by atoms with Crippen molar-refractivity contribution in [3.63, 3.8) is 0 Å². The van der Waals surface area contributed by atoms with E-state index in [4.69, 9.17) is 12.8 Å². The first-order valence-electron chi connectivity index (χ1n) is 10.4. The van der Waals surface area contributed by atoms with E-state index in [0.29, 0.717) is 0 Å². The molecule has 0 aliphatic heterocycles. The van der Waals surface area contributed by atoms with Crippen LogP contribution < -0.4 is 0 Å². The van der Waals surface area contributed by atoms with Crippen LogP contribution in [0.3, 0.4) is 0 Å². The van der Waals surface area contributed by atoms with Gasteiger partial charge in [-0.15, -0.1) is 12.8 Å². The number of hydrogen-bond donors (Lipinski definition) is 0. The van der Waals surface area contributed by atoms with Crippen molar-refractivity contribution < 1.29 is 0 Å². The van der Waals surface area contributed by atoms with Crippen molar-refractivity contribution in [1.29, 1.82) is 0 Å². The minimum Gasteiger partial charge on any atom is -0.115 e. The standard InChI is InChI=1S/C28H24/c1-3-24-15-25(4-2)27(16-26(24)11-10-20-8-6-5-7-9-20)28-17-21-12-22(18-28)14-23(13-21)19-28/h1-2,5-9,15-16,21-23H,12-14,17-19H2. The molecule has 28 heavy (non-hydrogen) atoms. The molecule has 4 aliphatic carbocycles. The molecule has 0 amide bonds. The molecule has 0 radical (unpaired) electrons. The minimum atomic E-state index is 0.243. The summed E-state index contributed by atoms with van der Waals surface area (Å²) in [6, 6.07) is 14.3. The smallest absolute Gasteiger partial charge is 0.0411 e. The lowest BCUT2D eigenvalue weighted by Crippen LogP contribution is -2.48. The molecule has 0 unspecified atom stereocenters. The summed E-state index contributed by atoms with van der Waals surface area (Å²) in [5.41, 5.74) is 5.32. The maximum absolute atomic E-state index is 5.95. The summed E-state index contributed by atoms with van der Waals surface area (Å²) < 4.78 is 0. The molecular weight excluding hydrogens is 336 g/mol. The zero-order chi connectivity index (χ0) is 19.1. The van der Waals surface area contributed by atoms with Crippen LogP contribution in [0.25, 0.3) is 0 Å². The lowest BCUT2D eigenvalue weighted by Gasteiger charge is -2.57. The highest BCUT2D eigenvalue weighted by Crippen LogP contribution is 2.61. The Morgan fingerprint density at radius 2 is 1.32 bits per heavy atom. The number of hydrogen-bond acceptors (Lipinski definition) is 0. The van der Waals surface area contributed by atoms with Crippen LogP contribution in [0.15, 0.2) is 42.5 Å². The molecule has 0 heterocycles. The van der Waals surface area contributed by atoms with Crippen molar-refractivity contribution in [2.45, 2.75) is 43.9 Å². The minimum absolute atomic E-state index is 0.243. The van der Waals surface area contributed by atoms with Gasteiger partial charge in [-0.2, -0.15) is 0 Å². The van der Waals surface area contributed by atoms with Gasteiger partial charge in [0.15, 0.2) is 0 Å². The Hall–Kier alpha value is -2.88. The first kappa shape index (κ1) is 17.2. The van der Waals surface area contributed by atoms with Crippen LogP contribution in [0.5, 0.6) is 0 Å². The highest BCUT2D eigenvalue weighted by atomic mass is 14.6. The average Bonchev–Trinajstić information content (AvgIpc) is 2.71. The van der Waals surface area contributed by atoms with Gasteiger partial charge in [0.05, 0.1) is 0 Å². The van der Waals surface area contributed by atoms with Crippen LogP contribution in [-0.2, 0) is 5.41 Å². The molecule has 0 nitrogen and oxygen atoms in total. The van der Waals surface area contributed by atoms with Gasteiger partial charge in [0.1, 0.15) is 0 Å². The Balaban J connectivity index is 1.62. The van der Waals surface area contributed by atoms with Gasteiger partial charge < -0.3 is 0 Å². The number of benzene rings is 2. The van der Waals surface area contributed by atoms with Gasteiger partial charge in [0.25, 0.3) is 0 Å². The third-order valence-corrected chi connectivity index (χ3v) is 7.19. The fraction of sp³-hybridized carbons (Fsp3) is 0.357. The Morgan fingerprint density at radius 3 is 1.89 bits per heavy atom. The normalized spacial score (nSPS) is 29.4. The summed E-state index contributed by atoms with van der Waals surface area (Å²) in [5, 5.41) is 0. The SMILES string of the molecule is C#Cc1cc(C#C)c(C23CC4CC(CC(C4)C2)C3)cc1C#Cc1ccccc1. The monoisotopic (exact) mass is 360 g/mol. The van der Waals surface area contributed by atoms with E-state index in [1.807, 2.05) is 36.4 Å². The molecule has 4 aliphatic rings. The van der Waals surface area contributed by atoms with Crippen molar-refractivity contribution in [3.05, 3.63) is 70.3 Å². The fourth-order valence-electron chi connectivity index (χ4n) is 6.48. The van der Waals surface area contributed by atoms with Crippen molar-refractivity contribution >= 4 is 0 Å². The zero-order valence-electron chi connectivity index (χ0n) is 16.2. The van der Waals surface area contributed by atoms with E-state index >= 15 is 0 Å². The molecule has 136 valence electrons. The lowest BCUT2D eigenvalue weighted by atomic mass is 9.47. The molecule has 4 fully saturated rings. The first-order chi connectivity index (χ1) is 13.7. The van der Waals surface area contributed by atoms with Crippen molar-refractivity contribution in [3.8, 4) is 36.5 Å². The average molecular weight is 361 g/mol. The summed E-state index contributed by atoms with van der Waals surface area (Å²) in [5.74, 6) is 15.0. The van der Waals surface area contributed by atoms with E-state index in [2.05, 4.69) is 29.7 Å². The Bertz CT molecular complexity index is 1020. The Kier molecular flexibility index (Phi) is 4.08. The maximum Gasteiger partial charge on any atom is 0.0411 e. The quantitative estimate of drug-likeness (QED) is 0.588. The van der Waals surface area contributed by atoms with Crippen molar-refractivity contribution in [1.82, 2.24) is 0 Å². The Labute approximate surface area is 168 Å². The summed E-state index contributed by atoms with van der Waals surface area (Å²) in [6.07, 6.45) is 19.9. The predicted molar refractivity (Wildman–Crippen MR) is 115 cm³/mol. The van der Waals surface area contributed by atoms with E-state index in [1.165, 1.54) is 44.1 Å². The fourth-order valence-corrected chi connectivity index (χ4v) is 6.48. The second kappa shape index (κ2) is 6.62. The number of rotatable bonds is 1. The Morgan fingerprint density at radius 1 is 0.714 bits per heavy atom. The van der Waals surface area contributed by atoms with E-state index in [9.17, 15) is 0 Å². The molecule has 0 saturated heterocycles. The van der Waals surface area contributed by atoms with Gasteiger partial charge in [-0.1, -0.05) is 41.9 Å². The highest BCUT2D eigenvalue weighted by Gasteiger charge is 2.52. The first-order valence-corrected chi connectivity index (χ1v) is 10.4. The van der Waals surface area contributed by atoms with E-state index in [0.717, 1.165) is 40.0 Å². The van der Waals surface area contributed by atoms with Crippen LogP contribution in [-0.4, -0.2) is 0 Å². The van der Waals surface area contributed by atoms with Crippen LogP contribution in [0.2, 0.25) is 0 Å². The zero-order valence-corrected chi connectivity index (χ0v) is 16.2. The van der Waals surface area contributed by atoms with Crippen molar-refractivity contribution in [2.75, 3.05) is 0 Å². The van der Waals surface area contributed by atoms with Gasteiger partial charge in [0, 0.05) is 22.3 Å². The molecule has 0 heteroatoms. The van der Waals surface area contributed by atoms with Crippen molar-refractivity contribution in [2.24, 2.45) is 17.8 Å². The van der Waals surface area contributed by atoms with Gasteiger partial charge >= 0.3 is 0 Å². The molecular formula is C28H24. The molecule has 0 N–H and O–H groups in total. The topological polar surface area (TPSA) is 0 Å². The van der Waals surface area contributed by atoms with Crippen LogP contribution in [0.4, 0.5) is 0 Å². The molecule has 0 aromatic heterocycles. The summed E-state index contributed by atoms with van der Waals surface area (Å²) in [6.45, 7) is 0. The van der Waals surface area contributed by atoms with Crippen LogP contribution in [0.1, 0.15) is 66.3 Å². The molecule has 6 rings (SSSR count). The third-order valence-electron chi connectivity index (χ3n) is 7.19. The molecule has 4 bridgehead atoms. The second-order valence-corrected chi connectivity index (χ2v) is 9.05. The molecule has 4 saturated carbocycles. The second-order valence-electron chi connectivity index (χ2n) is 9.05. The van der Waals surface area contributed by atoms with E-state index < -0.39 is 0 Å². The van der Waals surface area contributed by atoms with Gasteiger partial charge in [-0.3, -0.25) is 0 Å². The van der Waals surface area contributed by atoms with Crippen LogP contribution >= 0.6 is 0 Å². The highest BCUT2D eigenvalue weighted by molar-refractivity contribution is 5.60. The summed E-state index contributed by atoms with van der Waals surface area (Å²) >= 11 is 0. The number of terminal acetylenes is 2. The summed E-state index contributed by atoms with van der Waals surface area (Å²) in [4.78, 5) is 0. The van der Waals surface area contributed by atoms with Gasteiger partial charge in [-0.05, 0) is 91.5 Å². The molecule has 2 aromatic rings. The predicted octanol–water partition coefficient (Wildman–Crippen LogP) is 5.52. The third kappa shape index (κ3) is 2.84. The lowest BCUT2D eigenvalue weighted by molar-refractivity contribution is -0.00530. The van der Waals surface area contributed by atoms with E-state index in [1.54, 1.807) is 0 Å². The summed E-state index contributed by atoms with van der Waals surface area (Å²) in [7, 11) is 0. The van der Waals surface area contributed by atoms with E-state index in [-0.39, 0.29) is 5.41 Å². The maximum atomic E-state index is 5.95. The molecule has 0 atom stereocenters. The molecule has 2 aromatic carbocycles.